The molecule has 2 rings (SSSR count). The standard InChI is InChI=1S/C14H19NO4S2/c1-15(21(18,19)13-4-2-3-5-13)9-11-8-12(20-10-11)6-7-14(16)17/h6-8,10,13H,2-5,9H2,1H3,(H,16,17)/b7-6+. The highest BCUT2D eigenvalue weighted by Crippen LogP contribution is 2.27. The van der Waals surface area contributed by atoms with Gasteiger partial charge >= 0.3 is 5.97 Å². The predicted octanol–water partition coefficient (Wildman–Crippen LogP) is 2.55. The molecule has 0 spiro atoms. The van der Waals surface area contributed by atoms with Crippen molar-refractivity contribution in [2.45, 2.75) is 37.5 Å². The van der Waals surface area contributed by atoms with Crippen LogP contribution in [0.4, 0.5) is 0 Å². The molecular formula is C14H19NO4S2. The largest absolute Gasteiger partial charge is 0.478 e. The maximum Gasteiger partial charge on any atom is 0.328 e. The van der Waals surface area contributed by atoms with Crippen molar-refractivity contribution in [3.8, 4) is 0 Å². The summed E-state index contributed by atoms with van der Waals surface area (Å²) >= 11 is 1.40. The highest BCUT2D eigenvalue weighted by atomic mass is 32.2. The molecule has 0 aliphatic heterocycles. The van der Waals surface area contributed by atoms with Crippen LogP contribution in [-0.2, 0) is 21.4 Å². The monoisotopic (exact) mass is 329 g/mol. The predicted molar refractivity (Wildman–Crippen MR) is 83.6 cm³/mol. The molecule has 0 amide bonds. The van der Waals surface area contributed by atoms with Crippen LogP contribution in [0, 0.1) is 0 Å². The maximum absolute atomic E-state index is 12.4. The van der Waals surface area contributed by atoms with Gasteiger partial charge in [-0.15, -0.1) is 11.3 Å². The van der Waals surface area contributed by atoms with Gasteiger partial charge in [0, 0.05) is 24.5 Å². The van der Waals surface area contributed by atoms with Crippen molar-refractivity contribution in [3.05, 3.63) is 28.0 Å². The van der Waals surface area contributed by atoms with E-state index >= 15 is 0 Å². The molecule has 1 aliphatic rings. The van der Waals surface area contributed by atoms with Crippen LogP contribution < -0.4 is 0 Å². The second-order valence-corrected chi connectivity index (χ2v) is 8.50. The summed E-state index contributed by atoms with van der Waals surface area (Å²) in [5.74, 6) is -0.995. The van der Waals surface area contributed by atoms with Crippen LogP contribution in [0.3, 0.4) is 0 Å². The minimum atomic E-state index is -3.23. The molecule has 1 fully saturated rings. The zero-order valence-electron chi connectivity index (χ0n) is 11.9. The summed E-state index contributed by atoms with van der Waals surface area (Å²) in [6.45, 7) is 0.330. The molecule has 1 N–H and O–H groups in total. The Morgan fingerprint density at radius 2 is 2.14 bits per heavy atom. The number of carboxylic acids is 1. The van der Waals surface area contributed by atoms with Crippen LogP contribution >= 0.6 is 11.3 Å². The smallest absolute Gasteiger partial charge is 0.328 e. The second-order valence-electron chi connectivity index (χ2n) is 5.24. The van der Waals surface area contributed by atoms with E-state index in [2.05, 4.69) is 0 Å². The molecule has 0 aromatic carbocycles. The lowest BCUT2D eigenvalue weighted by Crippen LogP contribution is -2.34. The van der Waals surface area contributed by atoms with Crippen molar-refractivity contribution < 1.29 is 18.3 Å². The van der Waals surface area contributed by atoms with Gasteiger partial charge < -0.3 is 5.11 Å². The SMILES string of the molecule is CN(Cc1csc(/C=C/C(=O)O)c1)S(=O)(=O)C1CCCC1. The Kier molecular flexibility index (Phi) is 5.18. The van der Waals surface area contributed by atoms with Crippen molar-refractivity contribution in [1.82, 2.24) is 4.31 Å². The Balaban J connectivity index is 2.02. The fraction of sp³-hybridized carbons (Fsp3) is 0.500. The van der Waals surface area contributed by atoms with Gasteiger partial charge in [0.2, 0.25) is 10.0 Å². The van der Waals surface area contributed by atoms with E-state index in [0.29, 0.717) is 6.54 Å². The van der Waals surface area contributed by atoms with Gasteiger partial charge in [-0.25, -0.2) is 17.5 Å². The molecular weight excluding hydrogens is 310 g/mol. The zero-order valence-corrected chi connectivity index (χ0v) is 13.5. The van der Waals surface area contributed by atoms with E-state index in [4.69, 9.17) is 5.11 Å². The summed E-state index contributed by atoms with van der Waals surface area (Å²) in [6.07, 6.45) is 6.07. The minimum Gasteiger partial charge on any atom is -0.478 e. The lowest BCUT2D eigenvalue weighted by atomic mass is 10.3. The first kappa shape index (κ1) is 16.2. The molecule has 116 valence electrons. The van der Waals surface area contributed by atoms with Crippen molar-refractivity contribution >= 4 is 33.4 Å². The number of hydrogen-bond donors (Lipinski definition) is 1. The number of sulfonamides is 1. The van der Waals surface area contributed by atoms with E-state index in [0.717, 1.165) is 42.2 Å². The normalized spacial score (nSPS) is 17.0. The number of carboxylic acid groups (broad SMARTS) is 1. The fourth-order valence-corrected chi connectivity index (χ4v) is 5.07. The topological polar surface area (TPSA) is 74.7 Å². The zero-order chi connectivity index (χ0) is 15.5. The summed E-state index contributed by atoms with van der Waals surface area (Å²) in [7, 11) is -1.62. The number of carbonyl (C=O) groups is 1. The minimum absolute atomic E-state index is 0.243. The van der Waals surface area contributed by atoms with Gasteiger partial charge in [-0.2, -0.15) is 0 Å². The van der Waals surface area contributed by atoms with E-state index in [-0.39, 0.29) is 5.25 Å². The maximum atomic E-state index is 12.4. The highest BCUT2D eigenvalue weighted by Gasteiger charge is 2.32. The van der Waals surface area contributed by atoms with E-state index in [9.17, 15) is 13.2 Å². The Morgan fingerprint density at radius 1 is 1.48 bits per heavy atom. The van der Waals surface area contributed by atoms with E-state index in [1.54, 1.807) is 7.05 Å². The van der Waals surface area contributed by atoms with Gasteiger partial charge in [0.15, 0.2) is 0 Å². The molecule has 5 nitrogen and oxygen atoms in total. The number of nitrogens with zero attached hydrogens (tertiary/aromatic N) is 1. The first-order chi connectivity index (χ1) is 9.89. The summed E-state index contributed by atoms with van der Waals surface area (Å²) in [5.41, 5.74) is 0.883. The van der Waals surface area contributed by atoms with Crippen LogP contribution in [0.15, 0.2) is 17.5 Å². The molecule has 0 radical (unpaired) electrons. The van der Waals surface area contributed by atoms with Gasteiger partial charge in [-0.1, -0.05) is 12.8 Å². The number of rotatable bonds is 6. The van der Waals surface area contributed by atoms with Crippen LogP contribution in [0.25, 0.3) is 6.08 Å². The Morgan fingerprint density at radius 3 is 2.76 bits per heavy atom. The molecule has 1 aromatic rings. The highest BCUT2D eigenvalue weighted by molar-refractivity contribution is 7.89. The summed E-state index contributed by atoms with van der Waals surface area (Å²) in [4.78, 5) is 11.3. The van der Waals surface area contributed by atoms with E-state index in [1.807, 2.05) is 11.4 Å². The molecule has 1 aromatic heterocycles. The molecule has 0 bridgehead atoms. The third-order valence-electron chi connectivity index (χ3n) is 3.63. The summed E-state index contributed by atoms with van der Waals surface area (Å²) < 4.78 is 26.2. The molecule has 7 heteroatoms. The van der Waals surface area contributed by atoms with Crippen LogP contribution in [0.5, 0.6) is 0 Å². The molecule has 1 saturated carbocycles. The Bertz CT molecular complexity index is 627. The van der Waals surface area contributed by atoms with Crippen LogP contribution in [-0.4, -0.2) is 36.1 Å². The molecule has 1 aliphatic carbocycles. The Labute approximate surface area is 129 Å². The molecule has 1 heterocycles. The Hall–Kier alpha value is -1.18. The molecule has 0 atom stereocenters. The lowest BCUT2D eigenvalue weighted by Gasteiger charge is -2.20. The van der Waals surface area contributed by atoms with Gasteiger partial charge in [0.25, 0.3) is 0 Å². The van der Waals surface area contributed by atoms with Crippen LogP contribution in [0.2, 0.25) is 0 Å². The molecule has 0 saturated heterocycles. The number of hydrogen-bond acceptors (Lipinski definition) is 4. The van der Waals surface area contributed by atoms with Gasteiger partial charge in [-0.3, -0.25) is 0 Å². The van der Waals surface area contributed by atoms with Crippen molar-refractivity contribution in [3.63, 3.8) is 0 Å². The average Bonchev–Trinajstić information content (AvgIpc) is 3.07. The van der Waals surface area contributed by atoms with Gasteiger partial charge in [-0.05, 0) is 35.9 Å². The third-order valence-corrected chi connectivity index (χ3v) is 6.89. The fourth-order valence-electron chi connectivity index (χ4n) is 2.51. The second kappa shape index (κ2) is 6.72. The van der Waals surface area contributed by atoms with E-state index < -0.39 is 16.0 Å². The number of aliphatic carboxylic acids is 1. The average molecular weight is 329 g/mol. The van der Waals surface area contributed by atoms with Crippen LogP contribution in [0.1, 0.15) is 36.1 Å². The quantitative estimate of drug-likeness (QED) is 0.814. The molecule has 21 heavy (non-hydrogen) atoms. The van der Waals surface area contributed by atoms with Crippen molar-refractivity contribution in [2.75, 3.05) is 7.05 Å². The van der Waals surface area contributed by atoms with E-state index in [1.165, 1.54) is 21.7 Å². The van der Waals surface area contributed by atoms with Gasteiger partial charge in [0.05, 0.1) is 5.25 Å². The van der Waals surface area contributed by atoms with Crippen molar-refractivity contribution in [1.29, 1.82) is 0 Å². The third kappa shape index (κ3) is 4.15. The first-order valence-corrected chi connectivity index (χ1v) is 9.21. The van der Waals surface area contributed by atoms with Crippen molar-refractivity contribution in [2.24, 2.45) is 0 Å². The van der Waals surface area contributed by atoms with Gasteiger partial charge in [0.1, 0.15) is 0 Å². The lowest BCUT2D eigenvalue weighted by molar-refractivity contribution is -0.131. The summed E-state index contributed by atoms with van der Waals surface area (Å²) in [5, 5.41) is 10.2. The first-order valence-electron chi connectivity index (χ1n) is 6.83. The number of thiophene rings is 1. The summed E-state index contributed by atoms with van der Waals surface area (Å²) in [6, 6.07) is 1.82. The molecule has 0 unspecified atom stereocenters.